The van der Waals surface area contributed by atoms with Crippen molar-refractivity contribution in [2.45, 2.75) is 46.5 Å². The minimum Gasteiger partial charge on any atom is -0.481 e. The van der Waals surface area contributed by atoms with E-state index in [9.17, 15) is 9.59 Å². The van der Waals surface area contributed by atoms with Crippen molar-refractivity contribution < 1.29 is 19.8 Å². The third-order valence-electron chi connectivity index (χ3n) is 2.69. The van der Waals surface area contributed by atoms with Gasteiger partial charge in [0, 0.05) is 0 Å². The Hall–Kier alpha value is -1.06. The van der Waals surface area contributed by atoms with Crippen LogP contribution in [0.5, 0.6) is 0 Å². The highest BCUT2D eigenvalue weighted by atomic mass is 16.4. The molecule has 4 nitrogen and oxygen atoms in total. The molecule has 0 saturated heterocycles. The van der Waals surface area contributed by atoms with Crippen LogP contribution in [0, 0.1) is 11.3 Å². The fraction of sp³-hybridized carbons (Fsp3) is 0.818. The number of hydrogen-bond donors (Lipinski definition) is 2. The minimum atomic E-state index is -0.942. The van der Waals surface area contributed by atoms with E-state index in [4.69, 9.17) is 10.2 Å². The first kappa shape index (κ1) is 13.9. The zero-order chi connectivity index (χ0) is 12.1. The van der Waals surface area contributed by atoms with E-state index >= 15 is 0 Å². The van der Waals surface area contributed by atoms with Gasteiger partial charge in [-0.25, -0.2) is 0 Å². The largest absolute Gasteiger partial charge is 0.481 e. The number of unbranched alkanes of at least 4 members (excludes halogenated alkanes) is 1. The summed E-state index contributed by atoms with van der Waals surface area (Å²) < 4.78 is 0. The van der Waals surface area contributed by atoms with E-state index < -0.39 is 23.3 Å². The highest BCUT2D eigenvalue weighted by Crippen LogP contribution is 2.34. The Labute approximate surface area is 90.3 Å². The van der Waals surface area contributed by atoms with Crippen LogP contribution >= 0.6 is 0 Å². The smallest absolute Gasteiger partial charge is 0.307 e. The molecule has 4 heteroatoms. The molecule has 15 heavy (non-hydrogen) atoms. The van der Waals surface area contributed by atoms with Gasteiger partial charge in [-0.05, 0) is 11.8 Å². The first-order valence-electron chi connectivity index (χ1n) is 5.26. The molecule has 0 bridgehead atoms. The molecule has 0 aromatic heterocycles. The lowest BCUT2D eigenvalue weighted by molar-refractivity contribution is -0.149. The third kappa shape index (κ3) is 4.81. The van der Waals surface area contributed by atoms with Gasteiger partial charge in [0.05, 0.1) is 12.3 Å². The second-order valence-corrected chi connectivity index (χ2v) is 4.59. The van der Waals surface area contributed by atoms with E-state index in [1.54, 1.807) is 13.8 Å². The number of carboxylic acid groups (broad SMARTS) is 2. The quantitative estimate of drug-likeness (QED) is 0.685. The summed E-state index contributed by atoms with van der Waals surface area (Å²) in [6, 6.07) is 0. The van der Waals surface area contributed by atoms with Crippen molar-refractivity contribution in [2.24, 2.45) is 11.3 Å². The van der Waals surface area contributed by atoms with Gasteiger partial charge in [-0.3, -0.25) is 9.59 Å². The summed E-state index contributed by atoms with van der Waals surface area (Å²) in [6.07, 6.45) is 2.19. The first-order valence-corrected chi connectivity index (χ1v) is 5.26. The Morgan fingerprint density at radius 2 is 1.80 bits per heavy atom. The maximum absolute atomic E-state index is 11.0. The average molecular weight is 216 g/mol. The van der Waals surface area contributed by atoms with Gasteiger partial charge >= 0.3 is 11.9 Å². The second kappa shape index (κ2) is 5.73. The third-order valence-corrected chi connectivity index (χ3v) is 2.69. The molecule has 0 heterocycles. The summed E-state index contributed by atoms with van der Waals surface area (Å²) in [4.78, 5) is 21.7. The highest BCUT2D eigenvalue weighted by Gasteiger charge is 2.36. The van der Waals surface area contributed by atoms with Crippen molar-refractivity contribution in [1.29, 1.82) is 0 Å². The van der Waals surface area contributed by atoms with Crippen LogP contribution in [-0.4, -0.2) is 22.2 Å². The molecular weight excluding hydrogens is 196 g/mol. The van der Waals surface area contributed by atoms with Gasteiger partial charge < -0.3 is 10.2 Å². The summed E-state index contributed by atoms with van der Waals surface area (Å²) in [5.41, 5.74) is -0.688. The summed E-state index contributed by atoms with van der Waals surface area (Å²) in [7, 11) is 0. The molecule has 1 unspecified atom stereocenters. The van der Waals surface area contributed by atoms with E-state index in [1.165, 1.54) is 0 Å². The molecule has 88 valence electrons. The normalized spacial score (nSPS) is 13.5. The van der Waals surface area contributed by atoms with Crippen molar-refractivity contribution in [2.75, 3.05) is 0 Å². The van der Waals surface area contributed by atoms with Gasteiger partial charge in [0.15, 0.2) is 0 Å². The molecule has 0 aromatic rings. The van der Waals surface area contributed by atoms with Crippen molar-refractivity contribution in [3.63, 3.8) is 0 Å². The minimum absolute atomic E-state index is 0.103. The molecule has 0 aliphatic heterocycles. The van der Waals surface area contributed by atoms with E-state index in [1.807, 2.05) is 6.92 Å². The molecule has 2 N–H and O–H groups in total. The Kier molecular flexibility index (Phi) is 5.33. The Morgan fingerprint density at radius 3 is 2.13 bits per heavy atom. The highest BCUT2D eigenvalue weighted by molar-refractivity contribution is 5.73. The van der Waals surface area contributed by atoms with Crippen LogP contribution in [0.15, 0.2) is 0 Å². The van der Waals surface area contributed by atoms with Crippen LogP contribution in [0.2, 0.25) is 0 Å². The van der Waals surface area contributed by atoms with Crippen LogP contribution in [0.25, 0.3) is 0 Å². The molecule has 0 aliphatic carbocycles. The summed E-state index contributed by atoms with van der Waals surface area (Å²) in [6.45, 7) is 5.40. The molecule has 0 spiro atoms. The zero-order valence-electron chi connectivity index (χ0n) is 9.62. The van der Waals surface area contributed by atoms with Crippen LogP contribution < -0.4 is 0 Å². The molecule has 0 fully saturated rings. The molecule has 0 amide bonds. The van der Waals surface area contributed by atoms with Crippen molar-refractivity contribution in [1.82, 2.24) is 0 Å². The SMILES string of the molecule is CCCCC(C(=O)O)C(C)(C)CC(=O)O. The number of hydrogen-bond acceptors (Lipinski definition) is 2. The van der Waals surface area contributed by atoms with Crippen molar-refractivity contribution >= 4 is 11.9 Å². The van der Waals surface area contributed by atoms with Gasteiger partial charge in [-0.1, -0.05) is 33.6 Å². The Balaban J connectivity index is 4.57. The monoisotopic (exact) mass is 216 g/mol. The van der Waals surface area contributed by atoms with Crippen LogP contribution in [0.3, 0.4) is 0 Å². The summed E-state index contributed by atoms with van der Waals surface area (Å²) in [5, 5.41) is 17.8. The van der Waals surface area contributed by atoms with Crippen LogP contribution in [0.4, 0.5) is 0 Å². The van der Waals surface area contributed by atoms with Gasteiger partial charge in [0.25, 0.3) is 0 Å². The van der Waals surface area contributed by atoms with E-state index in [0.29, 0.717) is 6.42 Å². The van der Waals surface area contributed by atoms with Crippen molar-refractivity contribution in [3.05, 3.63) is 0 Å². The molecule has 1 atom stereocenters. The Morgan fingerprint density at radius 1 is 1.27 bits per heavy atom. The molecule has 0 aromatic carbocycles. The molecule has 0 saturated carbocycles. The standard InChI is InChI=1S/C11H20O4/c1-4-5-6-8(10(14)15)11(2,3)7-9(12)13/h8H,4-7H2,1-3H3,(H,12,13)(H,14,15). The van der Waals surface area contributed by atoms with Crippen molar-refractivity contribution in [3.8, 4) is 0 Å². The fourth-order valence-corrected chi connectivity index (χ4v) is 1.77. The predicted molar refractivity (Wildman–Crippen MR) is 56.7 cm³/mol. The van der Waals surface area contributed by atoms with Crippen LogP contribution in [0.1, 0.15) is 46.5 Å². The molecular formula is C11H20O4. The number of carboxylic acids is 2. The lowest BCUT2D eigenvalue weighted by Crippen LogP contribution is -2.33. The van der Waals surface area contributed by atoms with E-state index in [2.05, 4.69) is 0 Å². The maximum Gasteiger partial charge on any atom is 0.307 e. The van der Waals surface area contributed by atoms with E-state index in [0.717, 1.165) is 12.8 Å². The average Bonchev–Trinajstić information content (AvgIpc) is 2.00. The van der Waals surface area contributed by atoms with Gasteiger partial charge in [0.2, 0.25) is 0 Å². The fourth-order valence-electron chi connectivity index (χ4n) is 1.77. The second-order valence-electron chi connectivity index (χ2n) is 4.59. The Bertz CT molecular complexity index is 233. The maximum atomic E-state index is 11.0. The lowest BCUT2D eigenvalue weighted by atomic mass is 9.74. The number of rotatable bonds is 7. The molecule has 0 radical (unpaired) electrons. The number of carbonyl (C=O) groups is 2. The van der Waals surface area contributed by atoms with E-state index in [-0.39, 0.29) is 6.42 Å². The summed E-state index contributed by atoms with van der Waals surface area (Å²) >= 11 is 0. The first-order chi connectivity index (χ1) is 6.81. The zero-order valence-corrected chi connectivity index (χ0v) is 9.62. The lowest BCUT2D eigenvalue weighted by Gasteiger charge is -2.29. The topological polar surface area (TPSA) is 74.6 Å². The number of aliphatic carboxylic acids is 2. The molecule has 0 aliphatic rings. The predicted octanol–water partition coefficient (Wildman–Crippen LogP) is 2.38. The van der Waals surface area contributed by atoms with Gasteiger partial charge in [-0.15, -0.1) is 0 Å². The van der Waals surface area contributed by atoms with Gasteiger partial charge in [0.1, 0.15) is 0 Å². The van der Waals surface area contributed by atoms with Crippen LogP contribution in [-0.2, 0) is 9.59 Å². The van der Waals surface area contributed by atoms with Gasteiger partial charge in [-0.2, -0.15) is 0 Å². The molecule has 0 rings (SSSR count). The summed E-state index contributed by atoms with van der Waals surface area (Å²) in [5.74, 6) is -2.41.